The Morgan fingerprint density at radius 3 is 2.22 bits per heavy atom. The van der Waals surface area contributed by atoms with Gasteiger partial charge in [-0.25, -0.2) is 0 Å². The summed E-state index contributed by atoms with van der Waals surface area (Å²) in [5.41, 5.74) is 0. The molecule has 0 N–H and O–H groups in total. The Hall–Kier alpha value is -0.770. The summed E-state index contributed by atoms with van der Waals surface area (Å²) in [4.78, 5) is 0. The maximum Gasteiger partial charge on any atom is 0.0908 e. The predicted octanol–water partition coefficient (Wildman–Crippen LogP) is 2.36. The van der Waals surface area contributed by atoms with Gasteiger partial charge in [-0.05, 0) is 11.8 Å². The monoisotopic (exact) mass is 123 g/mol. The third kappa shape index (κ3) is 3.78. The van der Waals surface area contributed by atoms with E-state index in [-0.39, 0.29) is 0 Å². The van der Waals surface area contributed by atoms with Crippen molar-refractivity contribution >= 4 is 0 Å². The second-order valence-electron chi connectivity index (χ2n) is 2.59. The molecule has 0 aromatic heterocycles. The van der Waals surface area contributed by atoms with E-state index in [0.717, 1.165) is 0 Å². The SMILES string of the molecule is CC(C)[C@H](C)/C=C/C#N. The molecule has 0 radical (unpaired) electrons. The van der Waals surface area contributed by atoms with Crippen LogP contribution in [0.4, 0.5) is 0 Å². The molecular formula is C8H13N. The Morgan fingerprint density at radius 2 is 1.89 bits per heavy atom. The van der Waals surface area contributed by atoms with Crippen molar-refractivity contribution in [1.82, 2.24) is 0 Å². The third-order valence-electron chi connectivity index (χ3n) is 1.53. The first kappa shape index (κ1) is 8.23. The van der Waals surface area contributed by atoms with Gasteiger partial charge in [0.05, 0.1) is 6.07 Å². The topological polar surface area (TPSA) is 23.8 Å². The van der Waals surface area contributed by atoms with Gasteiger partial charge in [0.1, 0.15) is 0 Å². The zero-order chi connectivity index (χ0) is 7.28. The Labute approximate surface area is 57.0 Å². The molecule has 0 aliphatic heterocycles. The van der Waals surface area contributed by atoms with Crippen LogP contribution < -0.4 is 0 Å². The molecule has 0 saturated heterocycles. The fraction of sp³-hybridized carbons (Fsp3) is 0.625. The Kier molecular flexibility index (Phi) is 3.79. The fourth-order valence-corrected chi connectivity index (χ4v) is 0.417. The number of hydrogen-bond donors (Lipinski definition) is 0. The van der Waals surface area contributed by atoms with E-state index in [4.69, 9.17) is 5.26 Å². The van der Waals surface area contributed by atoms with Crippen LogP contribution in [0.2, 0.25) is 0 Å². The molecule has 0 aromatic rings. The zero-order valence-corrected chi connectivity index (χ0v) is 6.26. The Balaban J connectivity index is 3.65. The Morgan fingerprint density at radius 1 is 1.33 bits per heavy atom. The second kappa shape index (κ2) is 4.14. The van der Waals surface area contributed by atoms with Crippen LogP contribution in [0.25, 0.3) is 0 Å². The molecule has 0 rings (SSSR count). The summed E-state index contributed by atoms with van der Waals surface area (Å²) in [5.74, 6) is 1.15. The molecule has 50 valence electrons. The van der Waals surface area contributed by atoms with Crippen LogP contribution in [-0.4, -0.2) is 0 Å². The van der Waals surface area contributed by atoms with Crippen molar-refractivity contribution in [1.29, 1.82) is 5.26 Å². The molecule has 0 amide bonds. The maximum atomic E-state index is 8.16. The highest BCUT2D eigenvalue weighted by atomic mass is 14.2. The van der Waals surface area contributed by atoms with Crippen molar-refractivity contribution in [3.05, 3.63) is 12.2 Å². The summed E-state index contributed by atoms with van der Waals surface area (Å²) in [6.07, 6.45) is 3.48. The van der Waals surface area contributed by atoms with Crippen LogP contribution >= 0.6 is 0 Å². The van der Waals surface area contributed by atoms with E-state index in [9.17, 15) is 0 Å². The van der Waals surface area contributed by atoms with Crippen LogP contribution in [0, 0.1) is 23.2 Å². The summed E-state index contributed by atoms with van der Waals surface area (Å²) in [7, 11) is 0. The largest absolute Gasteiger partial charge is 0.193 e. The molecule has 0 spiro atoms. The van der Waals surface area contributed by atoms with Crippen LogP contribution in [0.15, 0.2) is 12.2 Å². The first-order chi connectivity index (χ1) is 4.18. The standard InChI is InChI=1S/C8H13N/c1-7(2)8(3)5-4-6-9/h4-5,7-8H,1-3H3/b5-4+/t8-/m1/s1. The summed E-state index contributed by atoms with van der Waals surface area (Å²) < 4.78 is 0. The van der Waals surface area contributed by atoms with Crippen molar-refractivity contribution in [2.45, 2.75) is 20.8 Å². The van der Waals surface area contributed by atoms with Crippen molar-refractivity contribution in [3.63, 3.8) is 0 Å². The van der Waals surface area contributed by atoms with Gasteiger partial charge in [-0.2, -0.15) is 5.26 Å². The first-order valence-electron chi connectivity index (χ1n) is 3.24. The van der Waals surface area contributed by atoms with E-state index >= 15 is 0 Å². The molecule has 0 aliphatic rings. The van der Waals surface area contributed by atoms with Crippen LogP contribution in [0.1, 0.15) is 20.8 Å². The predicted molar refractivity (Wildman–Crippen MR) is 38.8 cm³/mol. The van der Waals surface area contributed by atoms with Crippen LogP contribution in [-0.2, 0) is 0 Å². The minimum Gasteiger partial charge on any atom is -0.193 e. The minimum absolute atomic E-state index is 0.518. The first-order valence-corrected chi connectivity index (χ1v) is 3.24. The highest BCUT2D eigenvalue weighted by molar-refractivity contribution is 5.03. The van der Waals surface area contributed by atoms with E-state index in [1.807, 2.05) is 12.1 Å². The number of rotatable bonds is 2. The van der Waals surface area contributed by atoms with Crippen LogP contribution in [0.5, 0.6) is 0 Å². The highest BCUT2D eigenvalue weighted by Crippen LogP contribution is 2.09. The van der Waals surface area contributed by atoms with Gasteiger partial charge >= 0.3 is 0 Å². The fourth-order valence-electron chi connectivity index (χ4n) is 0.417. The van der Waals surface area contributed by atoms with Gasteiger partial charge in [0, 0.05) is 6.08 Å². The summed E-state index contributed by atoms with van der Waals surface area (Å²) in [6, 6.07) is 1.97. The minimum atomic E-state index is 0.518. The van der Waals surface area contributed by atoms with Gasteiger partial charge in [-0.15, -0.1) is 0 Å². The lowest BCUT2D eigenvalue weighted by Crippen LogP contribution is -1.98. The van der Waals surface area contributed by atoms with Gasteiger partial charge in [0.15, 0.2) is 0 Å². The third-order valence-corrected chi connectivity index (χ3v) is 1.53. The van der Waals surface area contributed by atoms with E-state index in [2.05, 4.69) is 20.8 Å². The average molecular weight is 123 g/mol. The number of hydrogen-bond acceptors (Lipinski definition) is 1. The molecule has 0 aromatic carbocycles. The number of allylic oxidation sites excluding steroid dienone is 2. The summed E-state index contributed by atoms with van der Waals surface area (Å²) >= 11 is 0. The van der Waals surface area contributed by atoms with Gasteiger partial charge < -0.3 is 0 Å². The zero-order valence-electron chi connectivity index (χ0n) is 6.26. The van der Waals surface area contributed by atoms with E-state index in [1.165, 1.54) is 0 Å². The normalized spacial score (nSPS) is 14.1. The molecule has 9 heavy (non-hydrogen) atoms. The van der Waals surface area contributed by atoms with Crippen LogP contribution in [0.3, 0.4) is 0 Å². The van der Waals surface area contributed by atoms with Gasteiger partial charge in [-0.3, -0.25) is 0 Å². The van der Waals surface area contributed by atoms with Gasteiger partial charge in [0.25, 0.3) is 0 Å². The van der Waals surface area contributed by atoms with Gasteiger partial charge in [-0.1, -0.05) is 26.8 Å². The number of nitriles is 1. The smallest absolute Gasteiger partial charge is 0.0908 e. The summed E-state index contributed by atoms with van der Waals surface area (Å²) in [5, 5.41) is 8.16. The Bertz CT molecular complexity index is 128. The molecular weight excluding hydrogens is 110 g/mol. The van der Waals surface area contributed by atoms with Gasteiger partial charge in [0.2, 0.25) is 0 Å². The summed E-state index contributed by atoms with van der Waals surface area (Å²) in [6.45, 7) is 6.40. The van der Waals surface area contributed by atoms with Crippen molar-refractivity contribution in [2.75, 3.05) is 0 Å². The second-order valence-corrected chi connectivity index (χ2v) is 2.59. The molecule has 0 fully saturated rings. The lowest BCUT2D eigenvalue weighted by Gasteiger charge is -2.07. The molecule has 1 atom stereocenters. The van der Waals surface area contributed by atoms with E-state index in [1.54, 1.807) is 6.08 Å². The van der Waals surface area contributed by atoms with E-state index < -0.39 is 0 Å². The highest BCUT2D eigenvalue weighted by Gasteiger charge is 2.00. The maximum absolute atomic E-state index is 8.16. The molecule has 1 heteroatoms. The molecule has 1 nitrogen and oxygen atoms in total. The molecule has 0 bridgehead atoms. The molecule has 0 heterocycles. The molecule has 0 unspecified atom stereocenters. The molecule has 0 saturated carbocycles. The quantitative estimate of drug-likeness (QED) is 0.517. The number of nitrogens with zero attached hydrogens (tertiary/aromatic N) is 1. The van der Waals surface area contributed by atoms with E-state index in [0.29, 0.717) is 11.8 Å². The molecule has 0 aliphatic carbocycles. The van der Waals surface area contributed by atoms with Crippen molar-refractivity contribution in [2.24, 2.45) is 11.8 Å². The lowest BCUT2D eigenvalue weighted by molar-refractivity contribution is 0.504. The van der Waals surface area contributed by atoms with Crippen molar-refractivity contribution < 1.29 is 0 Å². The van der Waals surface area contributed by atoms with Crippen molar-refractivity contribution in [3.8, 4) is 6.07 Å². The lowest BCUT2D eigenvalue weighted by atomic mass is 9.98. The average Bonchev–Trinajstić information content (AvgIpc) is 1.82.